The lowest BCUT2D eigenvalue weighted by Gasteiger charge is -2.05. The lowest BCUT2D eigenvalue weighted by atomic mass is 10.0. The normalized spacial score (nSPS) is 11.5. The number of benzene rings is 1. The maximum atomic E-state index is 2.32. The van der Waals surface area contributed by atoms with Gasteiger partial charge in [0.05, 0.1) is 0 Å². The third kappa shape index (κ3) is 2.23. The van der Waals surface area contributed by atoms with Gasteiger partial charge in [-0.1, -0.05) is 19.9 Å². The van der Waals surface area contributed by atoms with Gasteiger partial charge < -0.3 is 4.57 Å². The van der Waals surface area contributed by atoms with Crippen molar-refractivity contribution in [3.05, 3.63) is 36.0 Å². The Labute approximate surface area is 91.7 Å². The molecule has 0 bridgehead atoms. The summed E-state index contributed by atoms with van der Waals surface area (Å²) in [5.41, 5.74) is 2.78. The second-order valence-corrected chi connectivity index (χ2v) is 4.75. The SMILES string of the molecule is CC(C)CCc1ccc2c(ccn2C)c1. The Hall–Kier alpha value is -1.24. The van der Waals surface area contributed by atoms with Gasteiger partial charge in [0.25, 0.3) is 0 Å². The number of nitrogens with zero attached hydrogens (tertiary/aromatic N) is 1. The van der Waals surface area contributed by atoms with Crippen molar-refractivity contribution in [3.8, 4) is 0 Å². The summed E-state index contributed by atoms with van der Waals surface area (Å²) in [5.74, 6) is 0.788. The van der Waals surface area contributed by atoms with E-state index in [-0.39, 0.29) is 0 Å². The van der Waals surface area contributed by atoms with E-state index in [1.54, 1.807) is 0 Å². The number of hydrogen-bond acceptors (Lipinski definition) is 0. The maximum absolute atomic E-state index is 2.32. The molecule has 1 heterocycles. The van der Waals surface area contributed by atoms with Crippen LogP contribution in [0, 0.1) is 5.92 Å². The molecule has 0 saturated heterocycles. The molecule has 0 unspecified atom stereocenters. The van der Waals surface area contributed by atoms with Crippen LogP contribution in [0.2, 0.25) is 0 Å². The summed E-state index contributed by atoms with van der Waals surface area (Å²) in [6.07, 6.45) is 4.59. The monoisotopic (exact) mass is 201 g/mol. The zero-order chi connectivity index (χ0) is 10.8. The molecule has 0 aliphatic carbocycles. The molecular weight excluding hydrogens is 182 g/mol. The molecular formula is C14H19N. The highest BCUT2D eigenvalue weighted by molar-refractivity contribution is 5.80. The van der Waals surface area contributed by atoms with Crippen LogP contribution in [0.4, 0.5) is 0 Å². The molecule has 0 aliphatic heterocycles. The largest absolute Gasteiger partial charge is 0.351 e. The van der Waals surface area contributed by atoms with Gasteiger partial charge in [-0.3, -0.25) is 0 Å². The van der Waals surface area contributed by atoms with E-state index < -0.39 is 0 Å². The van der Waals surface area contributed by atoms with E-state index in [2.05, 4.69) is 55.9 Å². The van der Waals surface area contributed by atoms with Crippen molar-refractivity contribution < 1.29 is 0 Å². The van der Waals surface area contributed by atoms with Crippen LogP contribution in [0.1, 0.15) is 25.8 Å². The predicted octanol–water partition coefficient (Wildman–Crippen LogP) is 3.77. The lowest BCUT2D eigenvalue weighted by Crippen LogP contribution is -1.92. The molecule has 2 rings (SSSR count). The number of fused-ring (bicyclic) bond motifs is 1. The number of aryl methyl sites for hydroxylation is 2. The summed E-state index contributed by atoms with van der Waals surface area (Å²) >= 11 is 0. The van der Waals surface area contributed by atoms with Gasteiger partial charge in [-0.25, -0.2) is 0 Å². The highest BCUT2D eigenvalue weighted by Crippen LogP contribution is 2.18. The molecule has 0 radical (unpaired) electrons. The van der Waals surface area contributed by atoms with Crippen LogP contribution in [-0.2, 0) is 13.5 Å². The van der Waals surface area contributed by atoms with Crippen molar-refractivity contribution in [1.82, 2.24) is 4.57 Å². The summed E-state index contributed by atoms with van der Waals surface area (Å²) in [5, 5.41) is 1.36. The first-order chi connectivity index (χ1) is 7.16. The molecule has 2 aromatic rings. The Morgan fingerprint density at radius 2 is 2.00 bits per heavy atom. The predicted molar refractivity (Wildman–Crippen MR) is 66.1 cm³/mol. The van der Waals surface area contributed by atoms with E-state index in [0.717, 1.165) is 5.92 Å². The molecule has 0 aliphatic rings. The molecule has 1 aromatic carbocycles. The Kier molecular flexibility index (Phi) is 2.81. The Bertz CT molecular complexity index is 451. The van der Waals surface area contributed by atoms with Crippen molar-refractivity contribution >= 4 is 10.9 Å². The van der Waals surface area contributed by atoms with Crippen molar-refractivity contribution in [2.24, 2.45) is 13.0 Å². The molecule has 80 valence electrons. The van der Waals surface area contributed by atoms with Crippen LogP contribution in [0.25, 0.3) is 10.9 Å². The summed E-state index contributed by atoms with van der Waals surface area (Å²) < 4.78 is 2.17. The van der Waals surface area contributed by atoms with Gasteiger partial charge >= 0.3 is 0 Å². The number of hydrogen-bond donors (Lipinski definition) is 0. The Balaban J connectivity index is 2.23. The van der Waals surface area contributed by atoms with Crippen LogP contribution in [0.5, 0.6) is 0 Å². The van der Waals surface area contributed by atoms with Crippen molar-refractivity contribution in [2.45, 2.75) is 26.7 Å². The highest BCUT2D eigenvalue weighted by Gasteiger charge is 2.00. The van der Waals surface area contributed by atoms with Gasteiger partial charge in [-0.05, 0) is 47.9 Å². The van der Waals surface area contributed by atoms with Gasteiger partial charge in [0.2, 0.25) is 0 Å². The van der Waals surface area contributed by atoms with Gasteiger partial charge in [-0.2, -0.15) is 0 Å². The smallest absolute Gasteiger partial charge is 0.0477 e. The van der Waals surface area contributed by atoms with Crippen molar-refractivity contribution in [1.29, 1.82) is 0 Å². The molecule has 0 saturated carbocycles. The third-order valence-electron chi connectivity index (χ3n) is 2.96. The number of rotatable bonds is 3. The molecule has 1 nitrogen and oxygen atoms in total. The second-order valence-electron chi connectivity index (χ2n) is 4.75. The topological polar surface area (TPSA) is 4.93 Å². The first kappa shape index (κ1) is 10.3. The second kappa shape index (κ2) is 4.09. The van der Waals surface area contributed by atoms with Crippen LogP contribution in [0.3, 0.4) is 0 Å². The van der Waals surface area contributed by atoms with E-state index in [1.807, 2.05) is 0 Å². The van der Waals surface area contributed by atoms with Crippen LogP contribution in [0.15, 0.2) is 30.5 Å². The van der Waals surface area contributed by atoms with E-state index >= 15 is 0 Å². The Morgan fingerprint density at radius 1 is 1.20 bits per heavy atom. The Morgan fingerprint density at radius 3 is 2.73 bits per heavy atom. The fourth-order valence-electron chi connectivity index (χ4n) is 1.94. The maximum Gasteiger partial charge on any atom is 0.0477 e. The zero-order valence-corrected chi connectivity index (χ0v) is 9.83. The number of aromatic nitrogens is 1. The minimum atomic E-state index is 0.788. The van der Waals surface area contributed by atoms with Crippen LogP contribution >= 0.6 is 0 Å². The van der Waals surface area contributed by atoms with Crippen molar-refractivity contribution in [2.75, 3.05) is 0 Å². The standard InChI is InChI=1S/C14H19N/c1-11(2)4-5-12-6-7-14-13(10-12)8-9-15(14)3/h6-11H,4-5H2,1-3H3. The van der Waals surface area contributed by atoms with E-state index in [0.29, 0.717) is 0 Å². The van der Waals surface area contributed by atoms with E-state index in [1.165, 1.54) is 29.3 Å². The third-order valence-corrected chi connectivity index (χ3v) is 2.96. The average Bonchev–Trinajstić information content (AvgIpc) is 2.57. The summed E-state index contributed by atoms with van der Waals surface area (Å²) in [6, 6.07) is 8.99. The molecule has 0 spiro atoms. The van der Waals surface area contributed by atoms with Gasteiger partial charge in [0.15, 0.2) is 0 Å². The fraction of sp³-hybridized carbons (Fsp3) is 0.429. The summed E-state index contributed by atoms with van der Waals surface area (Å²) in [7, 11) is 2.09. The lowest BCUT2D eigenvalue weighted by molar-refractivity contribution is 0.587. The molecule has 0 fully saturated rings. The van der Waals surface area contributed by atoms with Crippen LogP contribution < -0.4 is 0 Å². The average molecular weight is 201 g/mol. The van der Waals surface area contributed by atoms with E-state index in [9.17, 15) is 0 Å². The molecule has 15 heavy (non-hydrogen) atoms. The van der Waals surface area contributed by atoms with Gasteiger partial charge in [0, 0.05) is 18.8 Å². The minimum absolute atomic E-state index is 0.788. The highest BCUT2D eigenvalue weighted by atomic mass is 14.9. The molecule has 1 aromatic heterocycles. The molecule has 0 atom stereocenters. The fourth-order valence-corrected chi connectivity index (χ4v) is 1.94. The van der Waals surface area contributed by atoms with Gasteiger partial charge in [-0.15, -0.1) is 0 Å². The molecule has 0 N–H and O–H groups in total. The molecule has 1 heteroatoms. The van der Waals surface area contributed by atoms with Gasteiger partial charge in [0.1, 0.15) is 0 Å². The molecule has 0 amide bonds. The first-order valence-electron chi connectivity index (χ1n) is 5.71. The van der Waals surface area contributed by atoms with E-state index in [4.69, 9.17) is 0 Å². The first-order valence-corrected chi connectivity index (χ1v) is 5.71. The van der Waals surface area contributed by atoms with Crippen molar-refractivity contribution in [3.63, 3.8) is 0 Å². The zero-order valence-electron chi connectivity index (χ0n) is 9.83. The van der Waals surface area contributed by atoms with Crippen LogP contribution in [-0.4, -0.2) is 4.57 Å². The minimum Gasteiger partial charge on any atom is -0.351 e. The summed E-state index contributed by atoms with van der Waals surface area (Å²) in [6.45, 7) is 4.56. The summed E-state index contributed by atoms with van der Waals surface area (Å²) in [4.78, 5) is 0. The quantitative estimate of drug-likeness (QED) is 0.712.